The second kappa shape index (κ2) is 9.85. The number of hydrogen-bond acceptors (Lipinski definition) is 6. The van der Waals surface area contributed by atoms with Crippen LogP contribution < -0.4 is 18.9 Å². The number of quaternary nitrogens is 1. The Morgan fingerprint density at radius 2 is 1.60 bits per heavy atom. The van der Waals surface area contributed by atoms with E-state index in [1.807, 2.05) is 24.3 Å². The minimum atomic E-state index is -1.05. The molecule has 1 heterocycles. The molecule has 2 atom stereocenters. The quantitative estimate of drug-likeness (QED) is 0.359. The lowest BCUT2D eigenvalue weighted by Gasteiger charge is -2.49. The molecule has 0 aromatic heterocycles. The summed E-state index contributed by atoms with van der Waals surface area (Å²) in [5, 5.41) is 22.7. The summed E-state index contributed by atoms with van der Waals surface area (Å²) in [4.78, 5) is 11.3. The lowest BCUT2D eigenvalue weighted by Crippen LogP contribution is -2.47. The van der Waals surface area contributed by atoms with Crippen molar-refractivity contribution in [2.24, 2.45) is 0 Å². The van der Waals surface area contributed by atoms with Crippen molar-refractivity contribution in [3.8, 4) is 28.7 Å². The number of hydrogen-bond donors (Lipinski definition) is 1. The van der Waals surface area contributed by atoms with Crippen molar-refractivity contribution < 1.29 is 33.5 Å². The van der Waals surface area contributed by atoms with Gasteiger partial charge in [0.05, 0.1) is 40.5 Å². The van der Waals surface area contributed by atoms with E-state index in [1.165, 1.54) is 19.2 Å². The second-order valence-corrected chi connectivity index (χ2v) is 8.69. The van der Waals surface area contributed by atoms with Gasteiger partial charge in [-0.15, -0.1) is 0 Å². The molecule has 1 N–H and O–H groups in total. The molecule has 8 heteroatoms. The van der Waals surface area contributed by atoms with Crippen molar-refractivity contribution in [2.75, 3.05) is 34.9 Å². The molecule has 0 bridgehead atoms. The predicted molar refractivity (Wildman–Crippen MR) is 131 cm³/mol. The van der Waals surface area contributed by atoms with Crippen LogP contribution in [0.1, 0.15) is 33.1 Å². The Balaban J connectivity index is 1.58. The first-order valence-corrected chi connectivity index (χ1v) is 11.2. The van der Waals surface area contributed by atoms with E-state index >= 15 is 0 Å². The highest BCUT2D eigenvalue weighted by atomic mass is 16.5. The molecule has 0 spiro atoms. The van der Waals surface area contributed by atoms with Gasteiger partial charge in [0.1, 0.15) is 11.8 Å². The Kier molecular flexibility index (Phi) is 6.86. The van der Waals surface area contributed by atoms with Gasteiger partial charge in [0.25, 0.3) is 0 Å². The monoisotopic (exact) mass is 479 g/mol. The first-order valence-electron chi connectivity index (χ1n) is 11.2. The average Bonchev–Trinajstić information content (AvgIpc) is 2.85. The van der Waals surface area contributed by atoms with E-state index < -0.39 is 5.97 Å². The van der Waals surface area contributed by atoms with E-state index in [9.17, 15) is 15.1 Å². The fourth-order valence-corrected chi connectivity index (χ4v) is 4.49. The minimum Gasteiger partial charge on any atom is -0.633 e. The van der Waals surface area contributed by atoms with Gasteiger partial charge in [-0.25, -0.2) is 4.79 Å². The molecule has 4 rings (SSSR count). The summed E-state index contributed by atoms with van der Waals surface area (Å²) >= 11 is 0. The third-order valence-corrected chi connectivity index (χ3v) is 6.48. The first-order chi connectivity index (χ1) is 16.7. The van der Waals surface area contributed by atoms with E-state index in [-0.39, 0.29) is 16.3 Å². The molecule has 0 amide bonds. The fourth-order valence-electron chi connectivity index (χ4n) is 4.49. The van der Waals surface area contributed by atoms with Gasteiger partial charge in [-0.2, -0.15) is 0 Å². The number of hydroxylamine groups is 3. The molecule has 0 fully saturated rings. The van der Waals surface area contributed by atoms with Crippen LogP contribution in [0.25, 0.3) is 0 Å². The van der Waals surface area contributed by atoms with Gasteiger partial charge in [-0.3, -0.25) is 0 Å². The third kappa shape index (κ3) is 5.03. The van der Waals surface area contributed by atoms with Crippen LogP contribution in [0.15, 0.2) is 54.6 Å². The molecular formula is C27H29NO7. The van der Waals surface area contributed by atoms with E-state index in [4.69, 9.17) is 18.9 Å². The fraction of sp³-hybridized carbons (Fsp3) is 0.296. The van der Waals surface area contributed by atoms with Crippen LogP contribution in [-0.2, 0) is 12.8 Å². The van der Waals surface area contributed by atoms with Crippen LogP contribution in [0.2, 0.25) is 0 Å². The Hall–Kier alpha value is -3.75. The van der Waals surface area contributed by atoms with Gasteiger partial charge in [0.2, 0.25) is 0 Å². The highest BCUT2D eigenvalue weighted by molar-refractivity contribution is 5.88. The molecule has 0 saturated carbocycles. The number of ether oxygens (including phenoxy) is 4. The van der Waals surface area contributed by atoms with Crippen molar-refractivity contribution in [3.05, 3.63) is 82.1 Å². The Morgan fingerprint density at radius 3 is 2.23 bits per heavy atom. The third-order valence-electron chi connectivity index (χ3n) is 6.48. The summed E-state index contributed by atoms with van der Waals surface area (Å²) in [6.07, 6.45) is 1.22. The zero-order chi connectivity index (χ0) is 25.2. The average molecular weight is 480 g/mol. The summed E-state index contributed by atoms with van der Waals surface area (Å²) in [5.74, 6) is 1.50. The zero-order valence-corrected chi connectivity index (χ0v) is 20.2. The maximum Gasteiger partial charge on any atom is 0.335 e. The number of methoxy groups -OCH3 is 3. The van der Waals surface area contributed by atoms with Crippen LogP contribution in [0.4, 0.5) is 0 Å². The van der Waals surface area contributed by atoms with Crippen LogP contribution >= 0.6 is 0 Å². The lowest BCUT2D eigenvalue weighted by molar-refractivity contribution is -0.894. The largest absolute Gasteiger partial charge is 0.633 e. The zero-order valence-electron chi connectivity index (χ0n) is 20.2. The molecule has 35 heavy (non-hydrogen) atoms. The predicted octanol–water partition coefficient (Wildman–Crippen LogP) is 4.99. The van der Waals surface area contributed by atoms with Gasteiger partial charge in [-0.05, 0) is 53.6 Å². The van der Waals surface area contributed by atoms with Crippen molar-refractivity contribution in [2.45, 2.75) is 18.9 Å². The van der Waals surface area contributed by atoms with E-state index in [0.29, 0.717) is 48.1 Å². The number of carboxylic acids is 1. The Morgan fingerprint density at radius 1 is 0.943 bits per heavy atom. The molecule has 3 aromatic carbocycles. The van der Waals surface area contributed by atoms with E-state index in [1.54, 1.807) is 39.5 Å². The molecule has 0 aliphatic carbocycles. The summed E-state index contributed by atoms with van der Waals surface area (Å²) in [6.45, 7) is 0.480. The molecule has 1 unspecified atom stereocenters. The standard InChI is InChI=1S/C27H29NO7/c1-28(31)12-11-18-14-24(33-3)25(34-4)16-21(18)22(28)13-17-5-8-20(9-6-17)35-26-15-19(27(29)30)7-10-23(26)32-2/h5-10,14-16,22H,11-13H2,1-4H3,(H,29,30)/t22-,28?/m1/s1. The summed E-state index contributed by atoms with van der Waals surface area (Å²) in [5.41, 5.74) is 3.16. The maximum absolute atomic E-state index is 13.4. The number of carboxylic acid groups (broad SMARTS) is 1. The molecular weight excluding hydrogens is 450 g/mol. The van der Waals surface area contributed by atoms with Crippen LogP contribution in [0.5, 0.6) is 28.7 Å². The summed E-state index contributed by atoms with van der Waals surface area (Å²) in [6, 6.07) is 15.5. The number of carbonyl (C=O) groups is 1. The van der Waals surface area contributed by atoms with Crippen molar-refractivity contribution in [1.82, 2.24) is 0 Å². The number of nitrogens with zero attached hydrogens (tertiary/aromatic N) is 1. The molecule has 0 saturated heterocycles. The Bertz CT molecular complexity index is 1220. The van der Waals surface area contributed by atoms with Crippen LogP contribution in [0.3, 0.4) is 0 Å². The van der Waals surface area contributed by atoms with Gasteiger partial charge in [0.15, 0.2) is 23.0 Å². The minimum absolute atomic E-state index is 0.105. The highest BCUT2D eigenvalue weighted by Crippen LogP contribution is 2.42. The van der Waals surface area contributed by atoms with Crippen molar-refractivity contribution in [1.29, 1.82) is 0 Å². The van der Waals surface area contributed by atoms with Crippen LogP contribution in [0, 0.1) is 5.21 Å². The number of rotatable bonds is 8. The number of aromatic carboxylic acids is 1. The van der Waals surface area contributed by atoms with E-state index in [2.05, 4.69) is 0 Å². The van der Waals surface area contributed by atoms with Gasteiger partial charge < -0.3 is 33.9 Å². The lowest BCUT2D eigenvalue weighted by atomic mass is 9.88. The van der Waals surface area contributed by atoms with Crippen LogP contribution in [-0.4, -0.2) is 50.6 Å². The number of likely N-dealkylation sites (N-methyl/N-ethyl adjacent to an activating group) is 1. The number of benzene rings is 3. The highest BCUT2D eigenvalue weighted by Gasteiger charge is 2.34. The molecule has 8 nitrogen and oxygen atoms in total. The Labute approximate surface area is 204 Å². The summed E-state index contributed by atoms with van der Waals surface area (Å²) < 4.78 is 21.8. The summed E-state index contributed by atoms with van der Waals surface area (Å²) in [7, 11) is 6.41. The van der Waals surface area contributed by atoms with Gasteiger partial charge >= 0.3 is 5.97 Å². The normalized spacial score (nSPS) is 18.9. The van der Waals surface area contributed by atoms with Crippen molar-refractivity contribution >= 4 is 5.97 Å². The van der Waals surface area contributed by atoms with Crippen molar-refractivity contribution in [3.63, 3.8) is 0 Å². The van der Waals surface area contributed by atoms with Gasteiger partial charge in [0, 0.05) is 18.4 Å². The molecule has 184 valence electrons. The first kappa shape index (κ1) is 24.4. The maximum atomic E-state index is 13.4. The van der Waals surface area contributed by atoms with E-state index in [0.717, 1.165) is 16.7 Å². The SMILES string of the molecule is COc1cc2c(cc1OC)[C@@H](Cc1ccc(Oc3cc(C(=O)O)ccc3OC)cc1)[N+](C)([O-])CC2. The molecule has 1 aliphatic rings. The molecule has 0 radical (unpaired) electrons. The molecule has 3 aromatic rings. The van der Waals surface area contributed by atoms with Gasteiger partial charge in [-0.1, -0.05) is 12.1 Å². The molecule has 1 aliphatic heterocycles. The topological polar surface area (TPSA) is 97.3 Å². The second-order valence-electron chi connectivity index (χ2n) is 8.69. The smallest absolute Gasteiger partial charge is 0.335 e. The number of fused-ring (bicyclic) bond motifs is 1.